The van der Waals surface area contributed by atoms with Gasteiger partial charge in [0.2, 0.25) is 5.24 Å². The Morgan fingerprint density at radius 2 is 2.19 bits per heavy atom. The Labute approximate surface area is 97.9 Å². The maximum absolute atomic E-state index is 11.5. The van der Waals surface area contributed by atoms with Crippen molar-refractivity contribution in [2.45, 2.75) is 6.42 Å². The van der Waals surface area contributed by atoms with Crippen LogP contribution in [0.5, 0.6) is 0 Å². The summed E-state index contributed by atoms with van der Waals surface area (Å²) in [6.45, 7) is 0.384. The minimum absolute atomic E-state index is 0.0427. The smallest absolute Gasteiger partial charge is 0.337 e. The largest absolute Gasteiger partial charge is 0.500 e. The second-order valence-electron chi connectivity index (χ2n) is 3.78. The molecule has 2 unspecified atom stereocenters. The van der Waals surface area contributed by atoms with E-state index in [9.17, 15) is 9.59 Å². The molecule has 0 aromatic heterocycles. The van der Waals surface area contributed by atoms with Gasteiger partial charge in [-0.2, -0.15) is 0 Å². The summed E-state index contributed by atoms with van der Waals surface area (Å²) in [5.41, 5.74) is 1.02. The first-order chi connectivity index (χ1) is 7.65. The fraction of sp³-hybridized carbons (Fsp3) is 0.455. The van der Waals surface area contributed by atoms with Gasteiger partial charge < -0.3 is 9.47 Å². The Balaban J connectivity index is 2.22. The maximum atomic E-state index is 11.5. The second kappa shape index (κ2) is 4.29. The van der Waals surface area contributed by atoms with Gasteiger partial charge in [-0.3, -0.25) is 4.79 Å². The van der Waals surface area contributed by atoms with E-state index in [-0.39, 0.29) is 11.8 Å². The van der Waals surface area contributed by atoms with Gasteiger partial charge >= 0.3 is 5.97 Å². The summed E-state index contributed by atoms with van der Waals surface area (Å²) in [4.78, 5) is 22.6. The lowest BCUT2D eigenvalue weighted by molar-refractivity contribution is -0.137. The Kier molecular flexibility index (Phi) is 3.01. The van der Waals surface area contributed by atoms with E-state index in [2.05, 4.69) is 4.74 Å². The van der Waals surface area contributed by atoms with Crippen molar-refractivity contribution in [3.05, 3.63) is 23.5 Å². The lowest BCUT2D eigenvalue weighted by Gasteiger charge is -2.26. The zero-order valence-electron chi connectivity index (χ0n) is 8.73. The van der Waals surface area contributed by atoms with Gasteiger partial charge in [0.15, 0.2) is 0 Å². The number of rotatable bonds is 2. The van der Waals surface area contributed by atoms with Crippen molar-refractivity contribution in [2.75, 3.05) is 13.7 Å². The van der Waals surface area contributed by atoms with E-state index in [4.69, 9.17) is 16.3 Å². The number of ether oxygens (including phenoxy) is 2. The van der Waals surface area contributed by atoms with Gasteiger partial charge in [-0.15, -0.1) is 0 Å². The number of allylic oxidation sites excluding steroid dienone is 1. The van der Waals surface area contributed by atoms with E-state index in [1.165, 1.54) is 13.4 Å². The molecule has 0 saturated carbocycles. The Hall–Kier alpha value is -1.29. The van der Waals surface area contributed by atoms with Gasteiger partial charge in [0.05, 0.1) is 25.6 Å². The summed E-state index contributed by atoms with van der Waals surface area (Å²) in [6, 6.07) is 0. The highest BCUT2D eigenvalue weighted by atomic mass is 35.5. The molecule has 86 valence electrons. The van der Waals surface area contributed by atoms with Crippen LogP contribution in [0.15, 0.2) is 23.5 Å². The molecule has 0 radical (unpaired) electrons. The van der Waals surface area contributed by atoms with Crippen LogP contribution in [0.3, 0.4) is 0 Å². The van der Waals surface area contributed by atoms with E-state index < -0.39 is 11.2 Å². The number of hydrogen-bond donors (Lipinski definition) is 0. The van der Waals surface area contributed by atoms with E-state index in [0.717, 1.165) is 0 Å². The average molecular weight is 243 g/mol. The third-order valence-corrected chi connectivity index (χ3v) is 3.23. The number of halogens is 1. The fourth-order valence-electron chi connectivity index (χ4n) is 2.21. The molecule has 0 aromatic carbocycles. The summed E-state index contributed by atoms with van der Waals surface area (Å²) in [5, 5.41) is -0.470. The first kappa shape index (κ1) is 11.2. The summed E-state index contributed by atoms with van der Waals surface area (Å²) in [5.74, 6) is -0.575. The molecular formula is C11H11ClO4. The van der Waals surface area contributed by atoms with Crippen molar-refractivity contribution in [2.24, 2.45) is 11.8 Å². The maximum Gasteiger partial charge on any atom is 0.337 e. The van der Waals surface area contributed by atoms with Crippen molar-refractivity contribution in [3.63, 3.8) is 0 Å². The number of methoxy groups -OCH3 is 1. The summed E-state index contributed by atoms with van der Waals surface area (Å²) in [6.07, 6.45) is 3.82. The third-order valence-electron chi connectivity index (χ3n) is 3.01. The minimum Gasteiger partial charge on any atom is -0.500 e. The van der Waals surface area contributed by atoms with E-state index >= 15 is 0 Å². The van der Waals surface area contributed by atoms with Crippen molar-refractivity contribution in [3.8, 4) is 0 Å². The van der Waals surface area contributed by atoms with Crippen LogP contribution in [0.2, 0.25) is 0 Å². The quantitative estimate of drug-likeness (QED) is 0.543. The Bertz CT molecular complexity index is 397. The molecule has 1 aliphatic heterocycles. The molecule has 0 aromatic rings. The number of carbonyl (C=O) groups is 2. The molecule has 2 aliphatic rings. The van der Waals surface area contributed by atoms with Crippen LogP contribution in [-0.4, -0.2) is 24.9 Å². The average Bonchev–Trinajstić information content (AvgIpc) is 2.71. The molecule has 16 heavy (non-hydrogen) atoms. The van der Waals surface area contributed by atoms with Gasteiger partial charge in [0.1, 0.15) is 0 Å². The summed E-state index contributed by atoms with van der Waals surface area (Å²) >= 11 is 5.47. The summed E-state index contributed by atoms with van der Waals surface area (Å²) < 4.78 is 9.85. The molecule has 2 atom stereocenters. The molecule has 1 heterocycles. The lowest BCUT2D eigenvalue weighted by Crippen LogP contribution is -2.28. The highest BCUT2D eigenvalue weighted by molar-refractivity contribution is 6.67. The molecule has 0 bridgehead atoms. The highest BCUT2D eigenvalue weighted by Gasteiger charge is 2.40. The van der Waals surface area contributed by atoms with E-state index in [1.54, 1.807) is 6.08 Å². The summed E-state index contributed by atoms with van der Waals surface area (Å²) in [7, 11) is 1.32. The predicted molar refractivity (Wildman–Crippen MR) is 56.6 cm³/mol. The second-order valence-corrected chi connectivity index (χ2v) is 4.12. The van der Waals surface area contributed by atoms with Crippen molar-refractivity contribution < 1.29 is 19.1 Å². The van der Waals surface area contributed by atoms with Crippen LogP contribution in [0.4, 0.5) is 0 Å². The molecule has 2 rings (SSSR count). The minimum atomic E-state index is -0.470. The molecule has 4 nitrogen and oxygen atoms in total. The third kappa shape index (κ3) is 1.73. The van der Waals surface area contributed by atoms with Gasteiger partial charge in [-0.1, -0.05) is 6.08 Å². The van der Waals surface area contributed by atoms with E-state index in [1.807, 2.05) is 0 Å². The number of esters is 1. The zero-order chi connectivity index (χ0) is 11.7. The SMILES string of the molecule is COC(=O)C1=COCC2C(C(=O)Cl)=CCC12. The molecule has 0 saturated heterocycles. The molecule has 1 aliphatic carbocycles. The van der Waals surface area contributed by atoms with Crippen LogP contribution in [0.25, 0.3) is 0 Å². The van der Waals surface area contributed by atoms with Crippen molar-refractivity contribution in [1.29, 1.82) is 0 Å². The molecule has 5 heteroatoms. The van der Waals surface area contributed by atoms with Gasteiger partial charge in [0, 0.05) is 17.4 Å². The van der Waals surface area contributed by atoms with Crippen molar-refractivity contribution >= 4 is 22.8 Å². The van der Waals surface area contributed by atoms with Crippen LogP contribution >= 0.6 is 11.6 Å². The lowest BCUT2D eigenvalue weighted by atomic mass is 9.85. The fourth-order valence-corrected chi connectivity index (χ4v) is 2.43. The van der Waals surface area contributed by atoms with Gasteiger partial charge in [0.25, 0.3) is 0 Å². The Morgan fingerprint density at radius 1 is 1.44 bits per heavy atom. The first-order valence-corrected chi connectivity index (χ1v) is 5.32. The highest BCUT2D eigenvalue weighted by Crippen LogP contribution is 2.40. The van der Waals surface area contributed by atoms with Crippen molar-refractivity contribution in [1.82, 2.24) is 0 Å². The number of hydrogen-bond acceptors (Lipinski definition) is 4. The predicted octanol–water partition coefficient (Wildman–Crippen LogP) is 1.40. The zero-order valence-corrected chi connectivity index (χ0v) is 9.49. The van der Waals surface area contributed by atoms with Gasteiger partial charge in [-0.05, 0) is 18.0 Å². The Morgan fingerprint density at radius 3 is 2.81 bits per heavy atom. The van der Waals surface area contributed by atoms with E-state index in [0.29, 0.717) is 24.2 Å². The number of fused-ring (bicyclic) bond motifs is 1. The molecule has 0 fully saturated rings. The molecular weight excluding hydrogens is 232 g/mol. The normalized spacial score (nSPS) is 27.4. The monoisotopic (exact) mass is 242 g/mol. The number of carbonyl (C=O) groups excluding carboxylic acids is 2. The molecule has 0 N–H and O–H groups in total. The van der Waals surface area contributed by atoms with Crippen LogP contribution in [-0.2, 0) is 19.1 Å². The molecule has 0 spiro atoms. The van der Waals surface area contributed by atoms with Crippen LogP contribution in [0, 0.1) is 11.8 Å². The standard InChI is InChI=1S/C11H11ClO4/c1-15-11(14)9-5-16-4-8-6(9)2-3-7(8)10(12)13/h3,5-6,8H,2,4H2,1H3. The van der Waals surface area contributed by atoms with Crippen LogP contribution in [0.1, 0.15) is 6.42 Å². The molecule has 0 amide bonds. The van der Waals surface area contributed by atoms with Gasteiger partial charge in [-0.25, -0.2) is 4.79 Å². The first-order valence-electron chi connectivity index (χ1n) is 4.95. The van der Waals surface area contributed by atoms with Crippen LogP contribution < -0.4 is 0 Å². The topological polar surface area (TPSA) is 52.6 Å².